The molecule has 0 amide bonds. The van der Waals surface area contributed by atoms with E-state index in [1.807, 2.05) is 0 Å². The Morgan fingerprint density at radius 3 is 0.615 bits per heavy atom. The summed E-state index contributed by atoms with van der Waals surface area (Å²) >= 11 is 4.86. The van der Waals surface area contributed by atoms with Crippen molar-refractivity contribution in [1.29, 1.82) is 0 Å². The third-order valence-corrected chi connectivity index (χ3v) is 10.7. The summed E-state index contributed by atoms with van der Waals surface area (Å²) in [5, 5.41) is 0. The van der Waals surface area contributed by atoms with Crippen LogP contribution < -0.4 is 5.59 Å². The Hall–Kier alpha value is 2.54. The first kappa shape index (κ1) is 39.1. The zero-order chi connectivity index (χ0) is 21.3. The van der Waals surface area contributed by atoms with Gasteiger partial charge >= 0.3 is 49.8 Å². The van der Waals surface area contributed by atoms with E-state index in [9.17, 15) is 0 Å². The molecule has 3 nitrogen and oxygen atoms in total. The molecule has 0 unspecified atom stereocenters. The molecule has 0 aliphatic carbocycles. The van der Waals surface area contributed by atoms with Crippen molar-refractivity contribution in [3.05, 3.63) is 4.91 Å². The second-order valence-corrected chi connectivity index (χ2v) is 35.3. The van der Waals surface area contributed by atoms with E-state index in [2.05, 4.69) is 122 Å². The standard InChI is InChI=1S/2C9H21P.2HI.NO.H2O.Re/c2*1-7(2)10(8(3)4)9(5)6;;;1-2;;/h2*7-9H,1-6H3;2*1H;;1H2;/q;;;;;;+2/p-2. The van der Waals surface area contributed by atoms with E-state index in [1.54, 1.807) is 0 Å². The molecule has 0 atom stereocenters. The molecular weight excluding hydrogens is 764 g/mol. The fourth-order valence-corrected chi connectivity index (χ4v) is 10.7. The van der Waals surface area contributed by atoms with Crippen molar-refractivity contribution >= 4 is 54.9 Å². The molecule has 8 heteroatoms. The molecular formula is C18H44I2NO2P2Re. The SMILES string of the molecule is CC(C)P(C(C)C)C(C)C.CC(C)P(C(C)C)C(C)C.O.[I][Re][I].[N]=O. The molecule has 0 spiro atoms. The zero-order valence-corrected chi connectivity index (χ0v) is 27.7. The summed E-state index contributed by atoms with van der Waals surface area (Å²) in [4.78, 5) is 7.25. The minimum Gasteiger partial charge on any atom is -0.120 e. The Morgan fingerprint density at radius 1 is 0.538 bits per heavy atom. The van der Waals surface area contributed by atoms with Gasteiger partial charge in [-0.3, -0.25) is 0 Å². The molecule has 0 aromatic carbocycles. The monoisotopic (exact) mass is 809 g/mol. The zero-order valence-electron chi connectivity index (χ0n) is 18.8. The van der Waals surface area contributed by atoms with Crippen LogP contribution in [0.1, 0.15) is 83.1 Å². The first-order valence-corrected chi connectivity index (χ1v) is 27.4. The van der Waals surface area contributed by atoms with Crippen LogP contribution in [0, 0.1) is 4.91 Å². The van der Waals surface area contributed by atoms with Gasteiger partial charge in [-0.15, -0.1) is 4.91 Å². The molecule has 0 bridgehead atoms. The maximum absolute atomic E-state index is 7.25. The van der Waals surface area contributed by atoms with Crippen molar-refractivity contribution in [2.24, 2.45) is 0 Å². The molecule has 1 radical (unpaired) electrons. The van der Waals surface area contributed by atoms with Gasteiger partial charge in [-0.25, -0.2) is 0 Å². The van der Waals surface area contributed by atoms with E-state index >= 15 is 0 Å². The molecule has 26 heavy (non-hydrogen) atoms. The second kappa shape index (κ2) is 25.6. The van der Waals surface area contributed by atoms with Gasteiger partial charge in [0.2, 0.25) is 0 Å². The van der Waals surface area contributed by atoms with Gasteiger partial charge in [0.15, 0.2) is 0 Å². The van der Waals surface area contributed by atoms with Crippen molar-refractivity contribution in [3.8, 4) is 0 Å². The summed E-state index contributed by atoms with van der Waals surface area (Å²) in [6.45, 7) is 28.2. The largest absolute Gasteiger partial charge is 0.120 e. The van der Waals surface area contributed by atoms with Crippen LogP contribution in [-0.2, 0) is 10.8 Å². The molecule has 0 saturated carbocycles. The number of nitroso groups, excluding NO2 is 1. The Bertz CT molecular complexity index is 212. The Balaban J connectivity index is -0.0000000878. The summed E-state index contributed by atoms with van der Waals surface area (Å²) in [6, 6.07) is 0. The Morgan fingerprint density at radius 2 is 0.615 bits per heavy atom. The van der Waals surface area contributed by atoms with Gasteiger partial charge in [-0.2, -0.15) is 0 Å². The van der Waals surface area contributed by atoms with E-state index in [0.29, 0.717) is 0 Å². The molecule has 0 aliphatic rings. The van der Waals surface area contributed by atoms with Crippen LogP contribution in [0.25, 0.3) is 0 Å². The van der Waals surface area contributed by atoms with Gasteiger partial charge in [-0.1, -0.05) is 98.9 Å². The van der Waals surface area contributed by atoms with Crippen LogP contribution in [0.15, 0.2) is 0 Å². The minimum absolute atomic E-state index is 0. The topological polar surface area (TPSA) is 70.9 Å². The van der Waals surface area contributed by atoms with Crippen LogP contribution >= 0.6 is 54.9 Å². The Labute approximate surface area is 196 Å². The van der Waals surface area contributed by atoms with Crippen LogP contribution in [0.4, 0.5) is 0 Å². The molecule has 164 valence electrons. The molecule has 0 aliphatic heterocycles. The molecule has 0 aromatic rings. The normalized spacial score (nSPS) is 10.5. The van der Waals surface area contributed by atoms with Gasteiger partial charge in [0.05, 0.1) is 0 Å². The molecule has 0 rings (SSSR count). The maximum atomic E-state index is 7.25. The van der Waals surface area contributed by atoms with Crippen molar-refractivity contribution in [2.45, 2.75) is 117 Å². The van der Waals surface area contributed by atoms with Crippen molar-refractivity contribution in [2.75, 3.05) is 0 Å². The van der Waals surface area contributed by atoms with Gasteiger partial charge in [-0.05, 0) is 34.0 Å². The summed E-state index contributed by atoms with van der Waals surface area (Å²) in [5.41, 5.74) is 11.1. The molecule has 2 N–H and O–H groups in total. The van der Waals surface area contributed by atoms with Gasteiger partial charge in [0.25, 0.3) is 0 Å². The van der Waals surface area contributed by atoms with E-state index in [-0.39, 0.29) is 32.1 Å². The van der Waals surface area contributed by atoms with E-state index < -0.39 is 0 Å². The van der Waals surface area contributed by atoms with Crippen LogP contribution in [0.3, 0.4) is 0 Å². The fourth-order valence-electron chi connectivity index (χ4n) is 3.58. The molecule has 0 saturated heterocycles. The summed E-state index contributed by atoms with van der Waals surface area (Å²) in [7, 11) is 0.798. The first-order chi connectivity index (χ1) is 11.3. The fraction of sp³-hybridized carbons (Fsp3) is 1.00. The number of hydrogen-bond donors (Lipinski definition) is 0. The third-order valence-electron chi connectivity index (χ3n) is 3.58. The van der Waals surface area contributed by atoms with E-state index in [0.717, 1.165) is 34.0 Å². The van der Waals surface area contributed by atoms with Gasteiger partial charge in [0.1, 0.15) is 5.59 Å². The quantitative estimate of drug-likeness (QED) is 0.199. The Kier molecular flexibility index (Phi) is 38.4. The predicted octanol–water partition coefficient (Wildman–Crippen LogP) is 7.88. The summed E-state index contributed by atoms with van der Waals surface area (Å²) < 4.78 is 0. The number of halogens is 2. The number of nitrogens with zero attached hydrogens (tertiary/aromatic N) is 1. The maximum Gasteiger partial charge on any atom is 0.120 e. The van der Waals surface area contributed by atoms with Crippen molar-refractivity contribution in [1.82, 2.24) is 5.59 Å². The number of hydrogen-bond acceptors (Lipinski definition) is 1. The average Bonchev–Trinajstić information content (AvgIpc) is 2.39. The molecule has 0 fully saturated rings. The predicted molar refractivity (Wildman–Crippen MR) is 142 cm³/mol. The second-order valence-electron chi connectivity index (χ2n) is 7.51. The minimum atomic E-state index is 0. The van der Waals surface area contributed by atoms with Gasteiger partial charge in [0, 0.05) is 0 Å². The van der Waals surface area contributed by atoms with Crippen LogP contribution in [0.2, 0.25) is 0 Å². The van der Waals surface area contributed by atoms with Crippen LogP contribution in [0.5, 0.6) is 0 Å². The smallest absolute Gasteiger partial charge is 0.120 e. The third kappa shape index (κ3) is 24.6. The summed E-state index contributed by atoms with van der Waals surface area (Å²) in [6.07, 6.45) is 0. The van der Waals surface area contributed by atoms with Crippen LogP contribution in [-0.4, -0.2) is 39.4 Å². The van der Waals surface area contributed by atoms with E-state index in [4.69, 9.17) is 10.5 Å². The van der Waals surface area contributed by atoms with Gasteiger partial charge < -0.3 is 5.48 Å². The first-order valence-electron chi connectivity index (χ1n) is 8.95. The van der Waals surface area contributed by atoms with Crippen molar-refractivity contribution < 1.29 is 16.2 Å². The number of rotatable bonds is 6. The average molecular weight is 809 g/mol. The van der Waals surface area contributed by atoms with Crippen molar-refractivity contribution in [3.63, 3.8) is 0 Å². The summed E-state index contributed by atoms with van der Waals surface area (Å²) in [5.74, 6) is 0. The van der Waals surface area contributed by atoms with E-state index in [1.165, 1.54) is 0 Å². The molecule has 0 aromatic heterocycles. The molecule has 0 heterocycles.